The maximum atomic E-state index is 12.5. The fourth-order valence-corrected chi connectivity index (χ4v) is 4.35. The summed E-state index contributed by atoms with van der Waals surface area (Å²) in [6, 6.07) is 3.12. The fourth-order valence-electron chi connectivity index (χ4n) is 2.35. The molecule has 3 N–H and O–H groups in total. The molecule has 1 aliphatic rings. The minimum absolute atomic E-state index is 0.0764. The average molecular weight is 363 g/mol. The second-order valence-electron chi connectivity index (χ2n) is 5.16. The van der Waals surface area contributed by atoms with Gasteiger partial charge in [-0.15, -0.1) is 0 Å². The van der Waals surface area contributed by atoms with Crippen molar-refractivity contribution in [3.63, 3.8) is 0 Å². The lowest BCUT2D eigenvalue weighted by molar-refractivity contribution is 0.0173. The van der Waals surface area contributed by atoms with Crippen molar-refractivity contribution in [2.24, 2.45) is 0 Å². The highest BCUT2D eigenvalue weighted by Gasteiger charge is 2.26. The Hall–Kier alpha value is -0.630. The topological polar surface area (TPSA) is 81.4 Å². The Labute approximate surface area is 128 Å². The van der Waals surface area contributed by atoms with Crippen LogP contribution in [0, 0.1) is 6.92 Å². The summed E-state index contributed by atoms with van der Waals surface area (Å²) in [5.41, 5.74) is 6.86. The van der Waals surface area contributed by atoms with Crippen LogP contribution in [-0.4, -0.2) is 27.2 Å². The van der Waals surface area contributed by atoms with Gasteiger partial charge in [0.2, 0.25) is 10.0 Å². The molecule has 0 bridgehead atoms. The fraction of sp³-hybridized carbons (Fsp3) is 0.538. The van der Waals surface area contributed by atoms with E-state index in [9.17, 15) is 8.42 Å². The zero-order valence-corrected chi connectivity index (χ0v) is 13.9. The Morgan fingerprint density at radius 3 is 2.80 bits per heavy atom. The average Bonchev–Trinajstić information content (AvgIpc) is 2.33. The molecule has 2 unspecified atom stereocenters. The number of anilines is 1. The number of nitrogens with one attached hydrogen (secondary N) is 1. The molecule has 1 saturated heterocycles. The van der Waals surface area contributed by atoms with E-state index >= 15 is 0 Å². The molecular weight excluding hydrogens is 344 g/mol. The van der Waals surface area contributed by atoms with E-state index in [0.717, 1.165) is 0 Å². The summed E-state index contributed by atoms with van der Waals surface area (Å²) in [5, 5.41) is 0. The van der Waals surface area contributed by atoms with Gasteiger partial charge in [0.15, 0.2) is 0 Å². The van der Waals surface area contributed by atoms with Gasteiger partial charge in [-0.2, -0.15) is 0 Å². The van der Waals surface area contributed by atoms with Crippen molar-refractivity contribution >= 4 is 31.6 Å². The standard InChI is InChI=1S/C13H19BrN2O3S/c1-8-5-11(14)12(15)7-13(8)20(17,18)16-10-3-4-19-9(2)6-10/h5,7,9-10,16H,3-4,6,15H2,1-2H3. The molecule has 0 radical (unpaired) electrons. The normalized spacial score (nSPS) is 23.8. The number of hydrogen-bond donors (Lipinski definition) is 2. The van der Waals surface area contributed by atoms with Gasteiger partial charge in [0.1, 0.15) is 0 Å². The number of sulfonamides is 1. The number of rotatable bonds is 3. The summed E-state index contributed by atoms with van der Waals surface area (Å²) in [5.74, 6) is 0. The van der Waals surface area contributed by atoms with Crippen LogP contribution in [0.1, 0.15) is 25.3 Å². The predicted octanol–water partition coefficient (Wildman–Crippen LogP) is 2.19. The van der Waals surface area contributed by atoms with Crippen molar-refractivity contribution in [1.82, 2.24) is 4.72 Å². The predicted molar refractivity (Wildman–Crippen MR) is 82.0 cm³/mol. The molecule has 20 heavy (non-hydrogen) atoms. The van der Waals surface area contributed by atoms with Crippen LogP contribution in [0.3, 0.4) is 0 Å². The first-order chi connectivity index (χ1) is 9.29. The Bertz CT molecular complexity index is 604. The molecule has 0 spiro atoms. The Morgan fingerprint density at radius 1 is 1.45 bits per heavy atom. The van der Waals surface area contributed by atoms with E-state index in [4.69, 9.17) is 10.5 Å². The number of hydrogen-bond acceptors (Lipinski definition) is 4. The van der Waals surface area contributed by atoms with Gasteiger partial charge in [-0.25, -0.2) is 13.1 Å². The van der Waals surface area contributed by atoms with E-state index in [2.05, 4.69) is 20.7 Å². The van der Waals surface area contributed by atoms with Gasteiger partial charge in [-0.05, 0) is 60.3 Å². The van der Waals surface area contributed by atoms with Crippen molar-refractivity contribution in [1.29, 1.82) is 0 Å². The van der Waals surface area contributed by atoms with E-state index in [1.165, 1.54) is 6.07 Å². The Kier molecular flexibility index (Phi) is 4.73. The van der Waals surface area contributed by atoms with Crippen molar-refractivity contribution in [2.75, 3.05) is 12.3 Å². The lowest BCUT2D eigenvalue weighted by atomic mass is 10.1. The largest absolute Gasteiger partial charge is 0.398 e. The maximum absolute atomic E-state index is 12.5. The third kappa shape index (κ3) is 3.52. The second kappa shape index (κ2) is 6.01. The number of nitrogens with two attached hydrogens (primary N) is 1. The van der Waals surface area contributed by atoms with Crippen molar-refractivity contribution in [3.8, 4) is 0 Å². The molecule has 2 rings (SSSR count). The highest BCUT2D eigenvalue weighted by atomic mass is 79.9. The highest BCUT2D eigenvalue weighted by Crippen LogP contribution is 2.27. The maximum Gasteiger partial charge on any atom is 0.241 e. The molecule has 0 saturated carbocycles. The molecule has 5 nitrogen and oxygen atoms in total. The molecule has 112 valence electrons. The quantitative estimate of drug-likeness (QED) is 0.807. The lowest BCUT2D eigenvalue weighted by Gasteiger charge is -2.28. The first kappa shape index (κ1) is 15.8. The van der Waals surface area contributed by atoms with Crippen LogP contribution in [0.15, 0.2) is 21.5 Å². The Balaban J connectivity index is 2.24. The van der Waals surface area contributed by atoms with Crippen molar-refractivity contribution in [3.05, 3.63) is 22.2 Å². The third-order valence-corrected chi connectivity index (χ3v) is 5.74. The summed E-state index contributed by atoms with van der Waals surface area (Å²) >= 11 is 3.30. The smallest absolute Gasteiger partial charge is 0.241 e. The first-order valence-electron chi connectivity index (χ1n) is 6.49. The van der Waals surface area contributed by atoms with Crippen molar-refractivity contribution in [2.45, 2.75) is 43.7 Å². The van der Waals surface area contributed by atoms with Crippen LogP contribution in [-0.2, 0) is 14.8 Å². The Morgan fingerprint density at radius 2 is 2.15 bits per heavy atom. The molecule has 7 heteroatoms. The number of halogens is 1. The van der Waals surface area contributed by atoms with E-state index < -0.39 is 10.0 Å². The lowest BCUT2D eigenvalue weighted by Crippen LogP contribution is -2.41. The van der Waals surface area contributed by atoms with Crippen LogP contribution in [0.25, 0.3) is 0 Å². The van der Waals surface area contributed by atoms with Gasteiger partial charge in [0.25, 0.3) is 0 Å². The minimum atomic E-state index is -3.56. The molecule has 1 aliphatic heterocycles. The monoisotopic (exact) mass is 362 g/mol. The van der Waals surface area contributed by atoms with E-state index in [1.54, 1.807) is 13.0 Å². The number of aryl methyl sites for hydroxylation is 1. The first-order valence-corrected chi connectivity index (χ1v) is 8.77. The molecule has 1 heterocycles. The van der Waals surface area contributed by atoms with E-state index in [-0.39, 0.29) is 17.0 Å². The van der Waals surface area contributed by atoms with Crippen molar-refractivity contribution < 1.29 is 13.2 Å². The SMILES string of the molecule is Cc1cc(Br)c(N)cc1S(=O)(=O)NC1CCOC(C)C1. The second-order valence-corrected chi connectivity index (χ2v) is 7.70. The highest BCUT2D eigenvalue weighted by molar-refractivity contribution is 9.10. The van der Waals surface area contributed by atoms with Gasteiger partial charge >= 0.3 is 0 Å². The van der Waals surface area contributed by atoms with Gasteiger partial charge in [-0.3, -0.25) is 0 Å². The molecule has 0 aliphatic carbocycles. The molecule has 1 aromatic rings. The van der Waals surface area contributed by atoms with Crippen LogP contribution >= 0.6 is 15.9 Å². The molecule has 0 aromatic heterocycles. The van der Waals surface area contributed by atoms with E-state index in [0.29, 0.717) is 35.2 Å². The van der Waals surface area contributed by atoms with Crippen LogP contribution in [0.2, 0.25) is 0 Å². The van der Waals surface area contributed by atoms with Gasteiger partial charge < -0.3 is 10.5 Å². The van der Waals surface area contributed by atoms with Crippen LogP contribution in [0.4, 0.5) is 5.69 Å². The molecule has 2 atom stereocenters. The third-order valence-electron chi connectivity index (χ3n) is 3.39. The molecule has 1 fully saturated rings. The van der Waals surface area contributed by atoms with Crippen LogP contribution < -0.4 is 10.5 Å². The summed E-state index contributed by atoms with van der Waals surface area (Å²) in [4.78, 5) is 0.234. The number of benzene rings is 1. The molecule has 0 amide bonds. The van der Waals surface area contributed by atoms with E-state index in [1.807, 2.05) is 6.92 Å². The van der Waals surface area contributed by atoms with Gasteiger partial charge in [-0.1, -0.05) is 0 Å². The van der Waals surface area contributed by atoms with Gasteiger partial charge in [0.05, 0.1) is 11.0 Å². The summed E-state index contributed by atoms with van der Waals surface area (Å²) in [6.45, 7) is 4.28. The van der Waals surface area contributed by atoms with Gasteiger partial charge in [0, 0.05) is 22.8 Å². The minimum Gasteiger partial charge on any atom is -0.398 e. The van der Waals surface area contributed by atoms with Crippen LogP contribution in [0.5, 0.6) is 0 Å². The number of ether oxygens (including phenoxy) is 1. The molecular formula is C13H19BrN2O3S. The zero-order chi connectivity index (χ0) is 14.9. The summed E-state index contributed by atoms with van der Waals surface area (Å²) in [7, 11) is -3.56. The summed E-state index contributed by atoms with van der Waals surface area (Å²) < 4.78 is 33.8. The molecule has 1 aromatic carbocycles. The summed E-state index contributed by atoms with van der Waals surface area (Å²) in [6.07, 6.45) is 1.45. The number of nitrogen functional groups attached to an aromatic ring is 1. The zero-order valence-electron chi connectivity index (χ0n) is 11.5.